The zero-order valence-corrected chi connectivity index (χ0v) is 15.1. The molecule has 0 saturated carbocycles. The van der Waals surface area contributed by atoms with E-state index >= 15 is 0 Å². The minimum Gasteiger partial charge on any atom is -0.312 e. The minimum absolute atomic E-state index is 0.202. The van der Waals surface area contributed by atoms with Crippen LogP contribution in [-0.2, 0) is 4.57 Å². The molecule has 0 aliphatic carbocycles. The van der Waals surface area contributed by atoms with E-state index in [2.05, 4.69) is 0 Å². The Labute approximate surface area is 147 Å². The van der Waals surface area contributed by atoms with E-state index in [0.29, 0.717) is 6.92 Å². The van der Waals surface area contributed by atoms with Crippen molar-refractivity contribution in [3.05, 3.63) is 0 Å². The standard InChI is InChI=1S/C12H18F10NO3P/c1-7(2)23(27(24,25)26)8(3,6-10(15,16)12(20,21)22)4-5-9(13,14)11(17,18)19/h7H,4-6H2,1-3H3,(H2,24,25,26). The van der Waals surface area contributed by atoms with Gasteiger partial charge in [-0.25, -0.2) is 9.24 Å². The maximum absolute atomic E-state index is 13.5. The van der Waals surface area contributed by atoms with Crippen LogP contribution in [0.25, 0.3) is 0 Å². The van der Waals surface area contributed by atoms with Crippen LogP contribution in [0.3, 0.4) is 0 Å². The van der Waals surface area contributed by atoms with Gasteiger partial charge < -0.3 is 9.79 Å². The molecule has 0 saturated heterocycles. The van der Waals surface area contributed by atoms with Gasteiger partial charge in [0.15, 0.2) is 0 Å². The normalized spacial score (nSPS) is 17.5. The monoisotopic (exact) mass is 445 g/mol. The third-order valence-corrected chi connectivity index (χ3v) is 5.24. The summed E-state index contributed by atoms with van der Waals surface area (Å²) in [6, 6.07) is -1.46. The molecule has 1 unspecified atom stereocenters. The average Bonchev–Trinajstić information content (AvgIpc) is 2.30. The van der Waals surface area contributed by atoms with E-state index in [-0.39, 0.29) is 4.67 Å². The first-order chi connectivity index (χ1) is 11.5. The number of nitrogens with zero attached hydrogens (tertiary/aromatic N) is 1. The Morgan fingerprint density at radius 2 is 1.19 bits per heavy atom. The molecule has 1 atom stereocenters. The Morgan fingerprint density at radius 1 is 0.815 bits per heavy atom. The summed E-state index contributed by atoms with van der Waals surface area (Å²) in [6.07, 6.45) is -18.7. The second kappa shape index (κ2) is 7.68. The van der Waals surface area contributed by atoms with Crippen molar-refractivity contribution < 1.29 is 58.3 Å². The summed E-state index contributed by atoms with van der Waals surface area (Å²) in [4.78, 5) is 18.5. The van der Waals surface area contributed by atoms with Crippen molar-refractivity contribution in [1.29, 1.82) is 0 Å². The van der Waals surface area contributed by atoms with Gasteiger partial charge >= 0.3 is 31.9 Å². The molecule has 164 valence electrons. The second-order valence-electron chi connectivity index (χ2n) is 6.53. The minimum atomic E-state index is -6.21. The Bertz CT molecular complexity index is 557. The average molecular weight is 445 g/mol. The molecular weight excluding hydrogens is 427 g/mol. The maximum atomic E-state index is 13.5. The first-order valence-electron chi connectivity index (χ1n) is 7.22. The summed E-state index contributed by atoms with van der Waals surface area (Å²) in [7, 11) is -5.61. The van der Waals surface area contributed by atoms with Crippen LogP contribution in [0.15, 0.2) is 0 Å². The Hall–Kier alpha value is -0.590. The molecule has 2 N–H and O–H groups in total. The van der Waals surface area contributed by atoms with Gasteiger partial charge in [-0.05, 0) is 27.2 Å². The van der Waals surface area contributed by atoms with Gasteiger partial charge in [-0.3, -0.25) is 0 Å². The zero-order chi connectivity index (χ0) is 22.3. The molecular formula is C12H18F10NO3P. The summed E-state index contributed by atoms with van der Waals surface area (Å²) in [6.45, 7) is 2.27. The fourth-order valence-electron chi connectivity index (χ4n) is 2.67. The van der Waals surface area contributed by atoms with Crippen LogP contribution < -0.4 is 0 Å². The van der Waals surface area contributed by atoms with Crippen molar-refractivity contribution in [2.45, 2.75) is 75.8 Å². The predicted molar refractivity (Wildman–Crippen MR) is 73.3 cm³/mol. The summed E-state index contributed by atoms with van der Waals surface area (Å²) in [5, 5.41) is 0. The molecule has 0 aromatic rings. The van der Waals surface area contributed by atoms with E-state index < -0.39 is 62.8 Å². The number of halogens is 10. The van der Waals surface area contributed by atoms with Crippen molar-refractivity contribution in [3.8, 4) is 0 Å². The highest BCUT2D eigenvalue weighted by Crippen LogP contribution is 2.54. The summed E-state index contributed by atoms with van der Waals surface area (Å²) < 4.78 is 139. The van der Waals surface area contributed by atoms with Crippen LogP contribution in [0.2, 0.25) is 0 Å². The molecule has 0 bridgehead atoms. The SMILES string of the molecule is CC(C)N(C(C)(CCC(F)(F)C(F)(F)F)CC(F)(F)C(F)(F)F)P(=O)(O)O. The molecule has 4 nitrogen and oxygen atoms in total. The second-order valence-corrected chi connectivity index (χ2v) is 7.99. The fraction of sp³-hybridized carbons (Fsp3) is 1.00. The van der Waals surface area contributed by atoms with Gasteiger partial charge in [-0.15, -0.1) is 0 Å². The van der Waals surface area contributed by atoms with Crippen LogP contribution in [0.5, 0.6) is 0 Å². The van der Waals surface area contributed by atoms with Crippen LogP contribution in [-0.4, -0.2) is 50.2 Å². The molecule has 0 spiro atoms. The molecule has 0 rings (SSSR count). The lowest BCUT2D eigenvalue weighted by molar-refractivity contribution is -0.297. The molecule has 0 aromatic heterocycles. The predicted octanol–water partition coefficient (Wildman–Crippen LogP) is 5.11. The quantitative estimate of drug-likeness (QED) is 0.403. The van der Waals surface area contributed by atoms with Gasteiger partial charge in [0.1, 0.15) is 0 Å². The van der Waals surface area contributed by atoms with Crippen molar-refractivity contribution >= 4 is 7.75 Å². The highest BCUT2D eigenvalue weighted by atomic mass is 31.2. The lowest BCUT2D eigenvalue weighted by atomic mass is 9.86. The molecule has 27 heavy (non-hydrogen) atoms. The molecule has 15 heteroatoms. The van der Waals surface area contributed by atoms with Crippen molar-refractivity contribution in [2.24, 2.45) is 0 Å². The zero-order valence-electron chi connectivity index (χ0n) is 14.2. The highest BCUT2D eigenvalue weighted by Gasteiger charge is 2.63. The van der Waals surface area contributed by atoms with Crippen LogP contribution in [0, 0.1) is 0 Å². The topological polar surface area (TPSA) is 60.8 Å². The van der Waals surface area contributed by atoms with E-state index in [1.165, 1.54) is 0 Å². The Morgan fingerprint density at radius 3 is 1.44 bits per heavy atom. The molecule has 0 aliphatic heterocycles. The van der Waals surface area contributed by atoms with E-state index in [9.17, 15) is 58.3 Å². The molecule has 0 aliphatic rings. The van der Waals surface area contributed by atoms with E-state index in [1.54, 1.807) is 0 Å². The summed E-state index contributed by atoms with van der Waals surface area (Å²) in [5.74, 6) is -11.1. The van der Waals surface area contributed by atoms with Crippen molar-refractivity contribution in [2.75, 3.05) is 0 Å². The van der Waals surface area contributed by atoms with Gasteiger partial charge in [-0.1, -0.05) is 0 Å². The van der Waals surface area contributed by atoms with Gasteiger partial charge in [0.25, 0.3) is 0 Å². The molecule has 0 aromatic carbocycles. The third-order valence-electron chi connectivity index (χ3n) is 3.73. The Balaban J connectivity index is 6.15. The number of alkyl halides is 10. The van der Waals surface area contributed by atoms with Crippen LogP contribution in [0.4, 0.5) is 43.9 Å². The smallest absolute Gasteiger partial charge is 0.312 e. The van der Waals surface area contributed by atoms with Crippen molar-refractivity contribution in [3.63, 3.8) is 0 Å². The summed E-state index contributed by atoms with van der Waals surface area (Å²) in [5.41, 5.74) is -3.04. The first-order valence-corrected chi connectivity index (χ1v) is 8.79. The van der Waals surface area contributed by atoms with Gasteiger partial charge in [-0.2, -0.15) is 43.9 Å². The lowest BCUT2D eigenvalue weighted by Crippen LogP contribution is -2.54. The summed E-state index contributed by atoms with van der Waals surface area (Å²) >= 11 is 0. The number of hydrogen-bond donors (Lipinski definition) is 2. The number of rotatable bonds is 8. The van der Waals surface area contributed by atoms with E-state index in [4.69, 9.17) is 0 Å². The van der Waals surface area contributed by atoms with Gasteiger partial charge in [0.2, 0.25) is 0 Å². The fourth-order valence-corrected chi connectivity index (χ4v) is 4.07. The largest absolute Gasteiger partial charge is 0.453 e. The van der Waals surface area contributed by atoms with E-state index in [0.717, 1.165) is 13.8 Å². The van der Waals surface area contributed by atoms with Gasteiger partial charge in [0.05, 0.1) is 0 Å². The molecule has 0 heterocycles. The molecule has 0 amide bonds. The van der Waals surface area contributed by atoms with Crippen molar-refractivity contribution in [1.82, 2.24) is 4.67 Å². The molecule has 0 radical (unpaired) electrons. The van der Waals surface area contributed by atoms with Crippen LogP contribution >= 0.6 is 7.75 Å². The third kappa shape index (κ3) is 6.47. The van der Waals surface area contributed by atoms with Gasteiger partial charge in [0, 0.05) is 24.4 Å². The van der Waals surface area contributed by atoms with Crippen LogP contribution in [0.1, 0.15) is 40.0 Å². The first kappa shape index (κ1) is 26.4. The molecule has 0 fully saturated rings. The highest BCUT2D eigenvalue weighted by molar-refractivity contribution is 7.49. The van der Waals surface area contributed by atoms with E-state index in [1.807, 2.05) is 0 Å². The Kier molecular flexibility index (Phi) is 7.51. The maximum Gasteiger partial charge on any atom is 0.453 e. The lowest BCUT2D eigenvalue weighted by Gasteiger charge is -2.45. The number of hydrogen-bond acceptors (Lipinski definition) is 1.